The van der Waals surface area contributed by atoms with E-state index in [-0.39, 0.29) is 23.1 Å². The van der Waals surface area contributed by atoms with Crippen LogP contribution >= 0.6 is 0 Å². The highest BCUT2D eigenvalue weighted by Gasteiger charge is 2.30. The summed E-state index contributed by atoms with van der Waals surface area (Å²) in [6.45, 7) is 0.949. The van der Waals surface area contributed by atoms with Crippen LogP contribution in [0.2, 0.25) is 0 Å². The van der Waals surface area contributed by atoms with Gasteiger partial charge in [0.15, 0.2) is 11.5 Å². The third-order valence-electron chi connectivity index (χ3n) is 4.90. The first kappa shape index (κ1) is 20.1. The number of hydrogen-bond donors (Lipinski definition) is 1. The van der Waals surface area contributed by atoms with Gasteiger partial charge in [0.1, 0.15) is 4.90 Å². The van der Waals surface area contributed by atoms with Gasteiger partial charge in [-0.3, -0.25) is 15.5 Å². The van der Waals surface area contributed by atoms with Gasteiger partial charge < -0.3 is 9.47 Å². The van der Waals surface area contributed by atoms with Crippen LogP contribution in [0.15, 0.2) is 46.4 Å². The number of fused-ring (bicyclic) bond motifs is 1. The number of nitrogens with zero attached hydrogens (tertiary/aromatic N) is 3. The molecule has 1 fully saturated rings. The van der Waals surface area contributed by atoms with Gasteiger partial charge >= 0.3 is 0 Å². The zero-order valence-corrected chi connectivity index (χ0v) is 16.8. The molecule has 0 aliphatic carbocycles. The second-order valence-electron chi connectivity index (χ2n) is 6.89. The minimum atomic E-state index is -3.90. The Morgan fingerprint density at radius 2 is 1.83 bits per heavy atom. The first-order valence-electron chi connectivity index (χ1n) is 9.42. The van der Waals surface area contributed by atoms with Crippen LogP contribution in [0.25, 0.3) is 0 Å². The summed E-state index contributed by atoms with van der Waals surface area (Å²) in [6, 6.07) is 8.94. The van der Waals surface area contributed by atoms with E-state index in [2.05, 4.69) is 10.5 Å². The molecule has 0 atom stereocenters. The number of rotatable bonds is 6. The molecule has 2 aliphatic heterocycles. The number of ether oxygens (including phenoxy) is 2. The number of benzene rings is 2. The Morgan fingerprint density at radius 3 is 2.60 bits per heavy atom. The van der Waals surface area contributed by atoms with E-state index < -0.39 is 14.9 Å². The predicted molar refractivity (Wildman–Crippen MR) is 109 cm³/mol. The summed E-state index contributed by atoms with van der Waals surface area (Å²) in [5.74, 6) is 1.24. The van der Waals surface area contributed by atoms with Gasteiger partial charge in [-0.1, -0.05) is 6.42 Å². The highest BCUT2D eigenvalue weighted by molar-refractivity contribution is 7.89. The summed E-state index contributed by atoms with van der Waals surface area (Å²) in [5, 5.41) is 15.3. The Morgan fingerprint density at radius 1 is 1.07 bits per heavy atom. The topological polar surface area (TPSA) is 123 Å². The molecule has 2 aliphatic rings. The minimum Gasteiger partial charge on any atom is -0.454 e. The normalized spacial score (nSPS) is 16.7. The van der Waals surface area contributed by atoms with Gasteiger partial charge in [-0.15, -0.1) is 0 Å². The summed E-state index contributed by atoms with van der Waals surface area (Å²) < 4.78 is 38.2. The molecule has 2 aromatic carbocycles. The van der Waals surface area contributed by atoms with Crippen LogP contribution in [0.3, 0.4) is 0 Å². The molecular weight excluding hydrogens is 412 g/mol. The zero-order chi connectivity index (χ0) is 21.1. The highest BCUT2D eigenvalue weighted by atomic mass is 32.2. The van der Waals surface area contributed by atoms with Crippen molar-refractivity contribution in [1.29, 1.82) is 0 Å². The lowest BCUT2D eigenvalue weighted by atomic mass is 10.2. The van der Waals surface area contributed by atoms with E-state index in [0.717, 1.165) is 25.3 Å². The molecule has 2 aromatic rings. The smallest absolute Gasteiger partial charge is 0.270 e. The molecule has 0 radical (unpaired) electrons. The lowest BCUT2D eigenvalue weighted by Crippen LogP contribution is -2.35. The fourth-order valence-corrected chi connectivity index (χ4v) is 5.02. The van der Waals surface area contributed by atoms with E-state index in [9.17, 15) is 18.5 Å². The van der Waals surface area contributed by atoms with E-state index in [1.54, 1.807) is 18.2 Å². The van der Waals surface area contributed by atoms with Gasteiger partial charge in [0.05, 0.1) is 16.8 Å². The predicted octanol–water partition coefficient (Wildman–Crippen LogP) is 2.94. The second kappa shape index (κ2) is 8.28. The fourth-order valence-electron chi connectivity index (χ4n) is 3.34. The number of hydrazone groups is 1. The van der Waals surface area contributed by atoms with Crippen molar-refractivity contribution in [2.75, 3.05) is 25.3 Å². The number of nitro benzene ring substituents is 1. The van der Waals surface area contributed by atoms with Crippen molar-refractivity contribution in [3.05, 3.63) is 52.1 Å². The SMILES string of the molecule is O=[N+]([O-])c1ccc(NN=Cc2ccc3c(c2)OCO3)c(S(=O)(=O)N2CCCCC2)c1. The van der Waals surface area contributed by atoms with Crippen LogP contribution in [-0.4, -0.2) is 43.7 Å². The second-order valence-corrected chi connectivity index (χ2v) is 8.79. The summed E-state index contributed by atoms with van der Waals surface area (Å²) >= 11 is 0. The molecule has 10 nitrogen and oxygen atoms in total. The van der Waals surface area contributed by atoms with E-state index in [0.29, 0.717) is 30.2 Å². The van der Waals surface area contributed by atoms with Gasteiger partial charge in [-0.25, -0.2) is 8.42 Å². The third-order valence-corrected chi connectivity index (χ3v) is 6.84. The van der Waals surface area contributed by atoms with Gasteiger partial charge in [0.25, 0.3) is 5.69 Å². The summed E-state index contributed by atoms with van der Waals surface area (Å²) in [5.41, 5.74) is 3.30. The third kappa shape index (κ3) is 4.07. The lowest BCUT2D eigenvalue weighted by molar-refractivity contribution is -0.385. The van der Waals surface area contributed by atoms with Crippen LogP contribution in [0.5, 0.6) is 11.5 Å². The lowest BCUT2D eigenvalue weighted by Gasteiger charge is -2.26. The molecule has 4 rings (SSSR count). The molecule has 158 valence electrons. The number of nitrogens with one attached hydrogen (secondary N) is 1. The molecular formula is C19H20N4O6S. The Labute approximate surface area is 173 Å². The van der Waals surface area contributed by atoms with Gasteiger partial charge in [-0.05, 0) is 42.7 Å². The highest BCUT2D eigenvalue weighted by Crippen LogP contribution is 2.32. The van der Waals surface area contributed by atoms with Crippen molar-refractivity contribution < 1.29 is 22.8 Å². The molecule has 1 saturated heterocycles. The molecule has 0 saturated carbocycles. The average molecular weight is 432 g/mol. The van der Waals surface area contributed by atoms with E-state index in [1.165, 1.54) is 22.7 Å². The standard InChI is InChI=1S/C19H20N4O6S/c24-23(25)15-5-6-16(19(11-15)30(26,27)22-8-2-1-3-9-22)21-20-12-14-4-7-17-18(10-14)29-13-28-17/h4-7,10-12,21H,1-3,8-9,13H2. The Balaban J connectivity index is 1.61. The summed E-state index contributed by atoms with van der Waals surface area (Å²) in [6.07, 6.45) is 3.99. The Hall–Kier alpha value is -3.18. The molecule has 0 bridgehead atoms. The van der Waals surface area contributed by atoms with Crippen molar-refractivity contribution in [2.45, 2.75) is 24.2 Å². The van der Waals surface area contributed by atoms with Crippen molar-refractivity contribution in [1.82, 2.24) is 4.31 Å². The average Bonchev–Trinajstić information content (AvgIpc) is 3.22. The number of sulfonamides is 1. The number of anilines is 1. The molecule has 11 heteroatoms. The van der Waals surface area contributed by atoms with E-state index in [1.807, 2.05) is 0 Å². The zero-order valence-electron chi connectivity index (χ0n) is 16.0. The van der Waals surface area contributed by atoms with Crippen molar-refractivity contribution in [3.63, 3.8) is 0 Å². The maximum atomic E-state index is 13.1. The first-order valence-corrected chi connectivity index (χ1v) is 10.9. The number of piperidine rings is 1. The molecule has 2 heterocycles. The first-order chi connectivity index (χ1) is 14.4. The van der Waals surface area contributed by atoms with E-state index in [4.69, 9.17) is 9.47 Å². The monoisotopic (exact) mass is 432 g/mol. The molecule has 1 N–H and O–H groups in total. The largest absolute Gasteiger partial charge is 0.454 e. The molecule has 30 heavy (non-hydrogen) atoms. The van der Waals surface area contributed by atoms with Crippen LogP contribution < -0.4 is 14.9 Å². The number of hydrogen-bond acceptors (Lipinski definition) is 8. The van der Waals surface area contributed by atoms with Crippen molar-refractivity contribution in [3.8, 4) is 11.5 Å². The maximum Gasteiger partial charge on any atom is 0.270 e. The van der Waals surface area contributed by atoms with E-state index >= 15 is 0 Å². The molecule has 0 spiro atoms. The maximum absolute atomic E-state index is 13.1. The molecule has 0 unspecified atom stereocenters. The fraction of sp³-hybridized carbons (Fsp3) is 0.316. The Kier molecular flexibility index (Phi) is 5.55. The van der Waals surface area contributed by atoms with Crippen LogP contribution in [0.1, 0.15) is 24.8 Å². The summed E-state index contributed by atoms with van der Waals surface area (Å²) in [7, 11) is -3.90. The van der Waals surface area contributed by atoms with Gasteiger partial charge in [0, 0.05) is 25.2 Å². The molecule has 0 amide bonds. The van der Waals surface area contributed by atoms with Gasteiger partial charge in [0.2, 0.25) is 16.8 Å². The minimum absolute atomic E-state index is 0.161. The Bertz CT molecular complexity index is 1100. The number of nitro groups is 1. The van der Waals surface area contributed by atoms with Crippen LogP contribution in [-0.2, 0) is 10.0 Å². The summed E-state index contributed by atoms with van der Waals surface area (Å²) in [4.78, 5) is 10.4. The van der Waals surface area contributed by atoms with Crippen LogP contribution in [0.4, 0.5) is 11.4 Å². The number of non-ortho nitro benzene ring substituents is 1. The van der Waals surface area contributed by atoms with Crippen LogP contribution in [0, 0.1) is 10.1 Å². The van der Waals surface area contributed by atoms with Gasteiger partial charge in [-0.2, -0.15) is 9.41 Å². The van der Waals surface area contributed by atoms with Crippen molar-refractivity contribution in [2.24, 2.45) is 5.10 Å². The van der Waals surface area contributed by atoms with Crippen molar-refractivity contribution >= 4 is 27.6 Å². The molecule has 0 aromatic heterocycles. The quantitative estimate of drug-likeness (QED) is 0.423.